The third-order valence-electron chi connectivity index (χ3n) is 3.05. The summed E-state index contributed by atoms with van der Waals surface area (Å²) in [5, 5.41) is 12.1. The van der Waals surface area contributed by atoms with E-state index in [1.54, 1.807) is 6.20 Å². The summed E-state index contributed by atoms with van der Waals surface area (Å²) in [6.07, 6.45) is 5.74. The molecule has 0 fully saturated rings. The third kappa shape index (κ3) is 3.13. The molecule has 1 N–H and O–H groups in total. The monoisotopic (exact) mass is 267 g/mol. The fourth-order valence-corrected chi connectivity index (χ4v) is 2.02. The fraction of sp³-hybridized carbons (Fsp3) is 0.200. The first-order valence-electron chi connectivity index (χ1n) is 6.70. The van der Waals surface area contributed by atoms with Gasteiger partial charge in [-0.15, -0.1) is 0 Å². The maximum Gasteiger partial charge on any atom is 0.0766 e. The number of hydrogen-bond donors (Lipinski definition) is 1. The molecule has 3 aromatic rings. The first kappa shape index (κ1) is 12.6. The maximum atomic E-state index is 4.55. The number of aromatic nitrogens is 4. The smallest absolute Gasteiger partial charge is 0.0766 e. The van der Waals surface area contributed by atoms with Crippen LogP contribution in [0.2, 0.25) is 0 Å². The van der Waals surface area contributed by atoms with Crippen LogP contribution >= 0.6 is 0 Å². The molecule has 0 bridgehead atoms. The van der Waals surface area contributed by atoms with Crippen molar-refractivity contribution in [3.63, 3.8) is 0 Å². The average Bonchev–Trinajstić information content (AvgIpc) is 3.16. The largest absolute Gasteiger partial charge is 0.309 e. The van der Waals surface area contributed by atoms with Crippen LogP contribution in [0.1, 0.15) is 5.69 Å². The number of nitrogens with zero attached hydrogens (tertiary/aromatic N) is 4. The number of hydrogen-bond acceptors (Lipinski definition) is 3. The zero-order valence-electron chi connectivity index (χ0n) is 11.2. The van der Waals surface area contributed by atoms with Gasteiger partial charge in [-0.05, 0) is 24.3 Å². The van der Waals surface area contributed by atoms with E-state index in [0.29, 0.717) is 0 Å². The summed E-state index contributed by atoms with van der Waals surface area (Å²) in [6, 6.07) is 14.1. The Bertz CT molecular complexity index is 627. The van der Waals surface area contributed by atoms with Gasteiger partial charge in [-0.2, -0.15) is 10.2 Å². The lowest BCUT2D eigenvalue weighted by Gasteiger charge is -2.03. The first-order valence-corrected chi connectivity index (χ1v) is 6.70. The van der Waals surface area contributed by atoms with E-state index in [2.05, 4.69) is 15.5 Å². The van der Waals surface area contributed by atoms with Crippen LogP contribution in [0.3, 0.4) is 0 Å². The second kappa shape index (κ2) is 6.16. The van der Waals surface area contributed by atoms with Gasteiger partial charge >= 0.3 is 0 Å². The lowest BCUT2D eigenvalue weighted by Crippen LogP contribution is -2.20. The Morgan fingerprint density at radius 2 is 1.90 bits per heavy atom. The van der Waals surface area contributed by atoms with Gasteiger partial charge in [0.15, 0.2) is 0 Å². The van der Waals surface area contributed by atoms with Gasteiger partial charge in [0.1, 0.15) is 0 Å². The molecule has 102 valence electrons. The van der Waals surface area contributed by atoms with Gasteiger partial charge in [0.2, 0.25) is 0 Å². The Labute approximate surface area is 117 Å². The predicted molar refractivity (Wildman–Crippen MR) is 77.5 cm³/mol. The van der Waals surface area contributed by atoms with Crippen LogP contribution in [-0.2, 0) is 13.1 Å². The Kier molecular flexibility index (Phi) is 3.89. The highest BCUT2D eigenvalue weighted by Crippen LogP contribution is 2.06. The molecule has 20 heavy (non-hydrogen) atoms. The molecule has 3 rings (SSSR count). The highest BCUT2D eigenvalue weighted by atomic mass is 15.3. The van der Waals surface area contributed by atoms with Crippen molar-refractivity contribution in [3.05, 3.63) is 66.7 Å². The van der Waals surface area contributed by atoms with Gasteiger partial charge in [-0.3, -0.25) is 4.68 Å². The zero-order chi connectivity index (χ0) is 13.6. The van der Waals surface area contributed by atoms with E-state index < -0.39 is 0 Å². The lowest BCUT2D eigenvalue weighted by atomic mass is 10.3. The number of nitrogens with one attached hydrogen (secondary N) is 1. The normalized spacial score (nSPS) is 10.8. The molecule has 0 atom stereocenters. The van der Waals surface area contributed by atoms with Crippen molar-refractivity contribution in [2.24, 2.45) is 0 Å². The predicted octanol–water partition coefficient (Wildman–Crippen LogP) is 1.86. The summed E-state index contributed by atoms with van der Waals surface area (Å²) in [5.41, 5.74) is 2.12. The minimum atomic E-state index is 0.765. The van der Waals surface area contributed by atoms with E-state index in [1.807, 2.05) is 64.2 Å². The van der Waals surface area contributed by atoms with Crippen molar-refractivity contribution in [2.75, 3.05) is 6.54 Å². The van der Waals surface area contributed by atoms with E-state index >= 15 is 0 Å². The summed E-state index contributed by atoms with van der Waals surface area (Å²) in [7, 11) is 0. The second-order valence-electron chi connectivity index (χ2n) is 4.53. The van der Waals surface area contributed by atoms with Gasteiger partial charge in [0.05, 0.1) is 17.9 Å². The molecule has 0 aliphatic rings. The Morgan fingerprint density at radius 1 is 1.00 bits per heavy atom. The molecular formula is C15H17N5. The molecule has 0 saturated carbocycles. The summed E-state index contributed by atoms with van der Waals surface area (Å²) in [4.78, 5) is 0. The molecule has 0 aliphatic heterocycles. The van der Waals surface area contributed by atoms with Gasteiger partial charge in [0, 0.05) is 31.7 Å². The molecule has 0 amide bonds. The average molecular weight is 267 g/mol. The summed E-state index contributed by atoms with van der Waals surface area (Å²) < 4.78 is 3.81. The van der Waals surface area contributed by atoms with Crippen molar-refractivity contribution in [1.29, 1.82) is 0 Å². The van der Waals surface area contributed by atoms with Crippen molar-refractivity contribution in [2.45, 2.75) is 13.1 Å². The summed E-state index contributed by atoms with van der Waals surface area (Å²) >= 11 is 0. The highest BCUT2D eigenvalue weighted by molar-refractivity contribution is 5.30. The molecule has 0 radical (unpaired) electrons. The van der Waals surface area contributed by atoms with Crippen LogP contribution < -0.4 is 5.32 Å². The SMILES string of the molecule is c1ccc(-n2ccc(CNCCn3cccn3)n2)cc1. The second-order valence-corrected chi connectivity index (χ2v) is 4.53. The van der Waals surface area contributed by atoms with Crippen molar-refractivity contribution < 1.29 is 0 Å². The lowest BCUT2D eigenvalue weighted by molar-refractivity contribution is 0.550. The van der Waals surface area contributed by atoms with Gasteiger partial charge in [-0.1, -0.05) is 18.2 Å². The Balaban J connectivity index is 1.50. The molecule has 5 heteroatoms. The van der Waals surface area contributed by atoms with Crippen LogP contribution in [0.4, 0.5) is 0 Å². The van der Waals surface area contributed by atoms with E-state index in [-0.39, 0.29) is 0 Å². The van der Waals surface area contributed by atoms with Crippen LogP contribution in [0.25, 0.3) is 5.69 Å². The summed E-state index contributed by atoms with van der Waals surface area (Å²) in [6.45, 7) is 2.51. The first-order chi connectivity index (χ1) is 9.92. The minimum absolute atomic E-state index is 0.765. The van der Waals surface area contributed by atoms with E-state index in [0.717, 1.165) is 31.0 Å². The van der Waals surface area contributed by atoms with Gasteiger partial charge in [0.25, 0.3) is 0 Å². The molecule has 2 heterocycles. The molecular weight excluding hydrogens is 250 g/mol. The highest BCUT2D eigenvalue weighted by Gasteiger charge is 2.00. The number of para-hydroxylation sites is 1. The molecule has 5 nitrogen and oxygen atoms in total. The van der Waals surface area contributed by atoms with Crippen molar-refractivity contribution in [1.82, 2.24) is 24.9 Å². The molecule has 0 aliphatic carbocycles. The molecule has 1 aromatic carbocycles. The standard InChI is InChI=1S/C15H17N5/c1-2-5-15(6-3-1)20-11-7-14(18-20)13-16-9-12-19-10-4-8-17-19/h1-8,10-11,16H,9,12-13H2. The third-order valence-corrected chi connectivity index (χ3v) is 3.05. The van der Waals surface area contributed by atoms with Crippen LogP contribution in [0.5, 0.6) is 0 Å². The molecule has 0 saturated heterocycles. The zero-order valence-corrected chi connectivity index (χ0v) is 11.2. The number of benzene rings is 1. The van der Waals surface area contributed by atoms with Gasteiger partial charge < -0.3 is 5.32 Å². The minimum Gasteiger partial charge on any atom is -0.309 e. The van der Waals surface area contributed by atoms with Crippen LogP contribution in [0.15, 0.2) is 61.1 Å². The van der Waals surface area contributed by atoms with Crippen LogP contribution in [-0.4, -0.2) is 26.1 Å². The Hall–Kier alpha value is -2.40. The topological polar surface area (TPSA) is 47.7 Å². The fourth-order valence-electron chi connectivity index (χ4n) is 2.02. The van der Waals surface area contributed by atoms with Crippen molar-refractivity contribution in [3.8, 4) is 5.69 Å². The number of rotatable bonds is 6. The van der Waals surface area contributed by atoms with Crippen LogP contribution in [0, 0.1) is 0 Å². The van der Waals surface area contributed by atoms with Gasteiger partial charge in [-0.25, -0.2) is 4.68 Å². The molecule has 2 aromatic heterocycles. The molecule has 0 unspecified atom stereocenters. The molecule has 0 spiro atoms. The Morgan fingerprint density at radius 3 is 2.70 bits per heavy atom. The van der Waals surface area contributed by atoms with E-state index in [1.165, 1.54) is 0 Å². The van der Waals surface area contributed by atoms with E-state index in [9.17, 15) is 0 Å². The summed E-state index contributed by atoms with van der Waals surface area (Å²) in [5.74, 6) is 0. The maximum absolute atomic E-state index is 4.55. The quantitative estimate of drug-likeness (QED) is 0.693. The van der Waals surface area contributed by atoms with E-state index in [4.69, 9.17) is 0 Å². The van der Waals surface area contributed by atoms with Crippen molar-refractivity contribution >= 4 is 0 Å².